The van der Waals surface area contributed by atoms with Crippen molar-refractivity contribution in [2.24, 2.45) is 0 Å². The van der Waals surface area contributed by atoms with Gasteiger partial charge in [-0.1, -0.05) is 115 Å². The van der Waals surface area contributed by atoms with Gasteiger partial charge in [-0.25, -0.2) is 4.39 Å². The van der Waals surface area contributed by atoms with Gasteiger partial charge in [0.05, 0.1) is 26.4 Å². The van der Waals surface area contributed by atoms with E-state index in [2.05, 4.69) is 0 Å². The first kappa shape index (κ1) is 38.3. The normalized spacial score (nSPS) is 22.7. The highest BCUT2D eigenvalue weighted by Gasteiger charge is 2.64. The molecule has 5 aromatic rings. The molecule has 53 heavy (non-hydrogen) atoms. The number of ether oxygens (including phenoxy) is 6. The first-order valence-corrected chi connectivity index (χ1v) is 17.8. The number of methoxy groups -OCH3 is 1. The van der Waals surface area contributed by atoms with Crippen LogP contribution < -0.4 is 4.74 Å². The summed E-state index contributed by atoms with van der Waals surface area (Å²) >= 11 is 6.74. The highest BCUT2D eigenvalue weighted by atomic mass is 35.5. The first-order valence-electron chi connectivity index (χ1n) is 17.4. The molecule has 10 heteroatoms. The fourth-order valence-corrected chi connectivity index (χ4v) is 6.70. The Balaban J connectivity index is 1.44. The molecule has 1 heterocycles. The Bertz CT molecular complexity index is 1930. The van der Waals surface area contributed by atoms with Crippen LogP contribution in [-0.4, -0.2) is 49.2 Å². The van der Waals surface area contributed by atoms with Crippen LogP contribution in [0.2, 0.25) is 5.02 Å². The van der Waals surface area contributed by atoms with E-state index in [-0.39, 0.29) is 32.0 Å². The summed E-state index contributed by atoms with van der Waals surface area (Å²) in [5.74, 6) is -4.85. The maximum Gasteiger partial charge on any atom is 0.256 e. The van der Waals surface area contributed by atoms with Crippen LogP contribution in [0.1, 0.15) is 40.3 Å². The van der Waals surface area contributed by atoms with Gasteiger partial charge >= 0.3 is 0 Å². The smallest absolute Gasteiger partial charge is 0.256 e. The van der Waals surface area contributed by atoms with Crippen molar-refractivity contribution in [3.05, 3.63) is 172 Å². The highest BCUT2D eigenvalue weighted by molar-refractivity contribution is 6.31. The van der Waals surface area contributed by atoms with E-state index in [1.807, 2.05) is 91.0 Å². The summed E-state index contributed by atoms with van der Waals surface area (Å²) in [5, 5.41) is 12.6. The maximum absolute atomic E-state index is 14.9. The Morgan fingerprint density at radius 2 is 1.32 bits per heavy atom. The Kier molecular flexibility index (Phi) is 12.7. The molecule has 276 valence electrons. The molecule has 0 bridgehead atoms. The van der Waals surface area contributed by atoms with Crippen LogP contribution in [-0.2, 0) is 60.5 Å². The number of rotatable bonds is 16. The standard InChI is InChI=1S/C43H42ClFO8/c1-3-49-38-22-19-33(24-37(38)45)23-34-25-35(20-21-36(34)44)43(48-2)41(52-28-32-17-11-6-12-18-32)39(50-26-30-13-7-4-8-14-30)40(42(47,29-46)53-43)51-27-31-15-9-5-10-16-31/h4-22,24-25,29,39-41,47H,3,23,26-28H2,1-2H3. The van der Waals surface area contributed by atoms with Gasteiger partial charge in [0.2, 0.25) is 5.79 Å². The molecule has 0 saturated carbocycles. The number of benzene rings is 5. The van der Waals surface area contributed by atoms with Crippen molar-refractivity contribution in [3.63, 3.8) is 0 Å². The molecular formula is C43H42ClFO8. The van der Waals surface area contributed by atoms with Crippen molar-refractivity contribution in [2.45, 2.75) is 63.1 Å². The lowest BCUT2D eigenvalue weighted by Gasteiger charge is -2.53. The lowest BCUT2D eigenvalue weighted by molar-refractivity contribution is -0.436. The number of aldehydes is 1. The first-order chi connectivity index (χ1) is 25.8. The summed E-state index contributed by atoms with van der Waals surface area (Å²) in [5.41, 5.74) is 4.12. The predicted molar refractivity (Wildman–Crippen MR) is 198 cm³/mol. The van der Waals surface area contributed by atoms with E-state index in [0.29, 0.717) is 34.6 Å². The fourth-order valence-electron chi connectivity index (χ4n) is 6.51. The van der Waals surface area contributed by atoms with E-state index < -0.39 is 35.7 Å². The molecule has 0 spiro atoms. The van der Waals surface area contributed by atoms with Crippen LogP contribution in [0.3, 0.4) is 0 Å². The lowest BCUT2D eigenvalue weighted by atomic mass is 9.85. The van der Waals surface area contributed by atoms with Gasteiger partial charge in [-0.05, 0) is 65.4 Å². The third-order valence-electron chi connectivity index (χ3n) is 9.14. The molecule has 0 amide bonds. The SMILES string of the molecule is CCOc1ccc(Cc2cc(C3(OC)OC(O)(C=O)C(OCc4ccccc4)C(OCc4ccccc4)C3OCc3ccccc3)ccc2Cl)cc1F. The number of hydrogen-bond acceptors (Lipinski definition) is 8. The Morgan fingerprint density at radius 1 is 0.755 bits per heavy atom. The number of hydrogen-bond donors (Lipinski definition) is 1. The molecule has 1 saturated heterocycles. The van der Waals surface area contributed by atoms with Gasteiger partial charge in [-0.3, -0.25) is 4.79 Å². The Labute approximate surface area is 314 Å². The highest BCUT2D eigenvalue weighted by Crippen LogP contribution is 2.47. The summed E-state index contributed by atoms with van der Waals surface area (Å²) in [6.07, 6.45) is -3.10. The molecule has 5 atom stereocenters. The van der Waals surface area contributed by atoms with Crippen molar-refractivity contribution in [3.8, 4) is 5.75 Å². The van der Waals surface area contributed by atoms with Gasteiger partial charge in [0.1, 0.15) is 18.3 Å². The van der Waals surface area contributed by atoms with Crippen molar-refractivity contribution >= 4 is 17.9 Å². The average molecular weight is 741 g/mol. The van der Waals surface area contributed by atoms with Gasteiger partial charge in [0.15, 0.2) is 17.9 Å². The van der Waals surface area contributed by atoms with E-state index in [9.17, 15) is 14.3 Å². The van der Waals surface area contributed by atoms with Crippen LogP contribution >= 0.6 is 11.6 Å². The van der Waals surface area contributed by atoms with E-state index in [0.717, 1.165) is 16.7 Å². The molecule has 8 nitrogen and oxygen atoms in total. The zero-order valence-electron chi connectivity index (χ0n) is 29.5. The molecule has 0 aliphatic carbocycles. The molecule has 0 radical (unpaired) electrons. The predicted octanol–water partition coefficient (Wildman–Crippen LogP) is 7.94. The summed E-state index contributed by atoms with van der Waals surface area (Å²) in [6, 6.07) is 38.2. The van der Waals surface area contributed by atoms with Crippen LogP contribution in [0.5, 0.6) is 5.75 Å². The molecule has 1 N–H and O–H groups in total. The van der Waals surface area contributed by atoms with Gasteiger partial charge < -0.3 is 33.5 Å². The van der Waals surface area contributed by atoms with E-state index in [4.69, 9.17) is 40.0 Å². The van der Waals surface area contributed by atoms with Crippen molar-refractivity contribution in [1.82, 2.24) is 0 Å². The molecule has 0 aromatic heterocycles. The van der Waals surface area contributed by atoms with E-state index in [1.165, 1.54) is 13.2 Å². The van der Waals surface area contributed by atoms with Crippen LogP contribution in [0.15, 0.2) is 127 Å². The minimum atomic E-state index is -2.57. The van der Waals surface area contributed by atoms with Crippen LogP contribution in [0.4, 0.5) is 4.39 Å². The summed E-state index contributed by atoms with van der Waals surface area (Å²) < 4.78 is 52.6. The minimum absolute atomic E-state index is 0.0331. The fraction of sp³-hybridized carbons (Fsp3) is 0.279. The lowest BCUT2D eigenvalue weighted by Crippen LogP contribution is -2.71. The van der Waals surface area contributed by atoms with E-state index in [1.54, 1.807) is 37.3 Å². The number of aliphatic hydroxyl groups is 1. The summed E-state index contributed by atoms with van der Waals surface area (Å²) in [7, 11) is 1.40. The molecule has 1 aliphatic rings. The molecular weight excluding hydrogens is 699 g/mol. The maximum atomic E-state index is 14.9. The second kappa shape index (κ2) is 17.6. The molecule has 6 rings (SSSR count). The average Bonchev–Trinajstić information content (AvgIpc) is 3.19. The monoisotopic (exact) mass is 740 g/mol. The molecule has 1 aliphatic heterocycles. The van der Waals surface area contributed by atoms with Crippen molar-refractivity contribution < 1.29 is 42.7 Å². The number of carbonyl (C=O) groups excluding carboxylic acids is 1. The van der Waals surface area contributed by atoms with Gasteiger partial charge in [0.25, 0.3) is 5.79 Å². The third-order valence-corrected chi connectivity index (χ3v) is 9.50. The van der Waals surface area contributed by atoms with Gasteiger partial charge in [0, 0.05) is 17.7 Å². The molecule has 5 unspecified atom stereocenters. The largest absolute Gasteiger partial charge is 0.491 e. The second-order valence-corrected chi connectivity index (χ2v) is 13.1. The van der Waals surface area contributed by atoms with E-state index >= 15 is 0 Å². The minimum Gasteiger partial charge on any atom is -0.491 e. The van der Waals surface area contributed by atoms with Crippen molar-refractivity contribution in [1.29, 1.82) is 0 Å². The molecule has 5 aromatic carbocycles. The topological polar surface area (TPSA) is 92.7 Å². The Hall–Kier alpha value is -4.45. The van der Waals surface area contributed by atoms with Gasteiger partial charge in [-0.2, -0.15) is 0 Å². The van der Waals surface area contributed by atoms with Gasteiger partial charge in [-0.15, -0.1) is 0 Å². The number of halogens is 2. The summed E-state index contributed by atoms with van der Waals surface area (Å²) in [6.45, 7) is 2.34. The zero-order valence-corrected chi connectivity index (χ0v) is 30.3. The third kappa shape index (κ3) is 8.86. The summed E-state index contributed by atoms with van der Waals surface area (Å²) in [4.78, 5) is 13.0. The quantitative estimate of drug-likeness (QED) is 0.102. The number of carbonyl (C=O) groups is 1. The zero-order chi connectivity index (χ0) is 37.3. The second-order valence-electron chi connectivity index (χ2n) is 12.7. The Morgan fingerprint density at radius 3 is 1.85 bits per heavy atom. The van der Waals surface area contributed by atoms with Crippen molar-refractivity contribution in [2.75, 3.05) is 13.7 Å². The van der Waals surface area contributed by atoms with Crippen LogP contribution in [0, 0.1) is 5.82 Å². The van der Waals surface area contributed by atoms with Crippen LogP contribution in [0.25, 0.3) is 0 Å². The molecule has 1 fully saturated rings.